The molecule has 12 heteroatoms. The molecule has 32 heavy (non-hydrogen) atoms. The van der Waals surface area contributed by atoms with Gasteiger partial charge in [-0.2, -0.15) is 9.71 Å². The number of nitrogens with zero attached hydrogens (tertiary/aromatic N) is 2. The summed E-state index contributed by atoms with van der Waals surface area (Å²) >= 11 is 1.44. The molecule has 1 aliphatic heterocycles. The van der Waals surface area contributed by atoms with Crippen LogP contribution in [0.2, 0.25) is 0 Å². The molecule has 1 aromatic carbocycles. The summed E-state index contributed by atoms with van der Waals surface area (Å²) in [6.45, 7) is 3.90. The molecule has 0 fully saturated rings. The van der Waals surface area contributed by atoms with Crippen LogP contribution in [0.1, 0.15) is 19.7 Å². The molecular weight excluding hydrogens is 458 g/mol. The maximum Gasteiger partial charge on any atom is 0.324 e. The van der Waals surface area contributed by atoms with E-state index in [-0.39, 0.29) is 23.2 Å². The van der Waals surface area contributed by atoms with Crippen molar-refractivity contribution in [1.82, 2.24) is 14.9 Å². The van der Waals surface area contributed by atoms with Crippen molar-refractivity contribution in [2.75, 3.05) is 13.2 Å². The van der Waals surface area contributed by atoms with Crippen LogP contribution < -0.4 is 14.2 Å². The average Bonchev–Trinajstić information content (AvgIpc) is 3.47. The third-order valence-corrected chi connectivity index (χ3v) is 6.87. The number of ether oxygens (including phenoxy) is 3. The van der Waals surface area contributed by atoms with Gasteiger partial charge in [-0.05, 0) is 29.5 Å². The first-order chi connectivity index (χ1) is 15.3. The van der Waals surface area contributed by atoms with Crippen LogP contribution in [0.25, 0.3) is 10.8 Å². The molecule has 0 unspecified atom stereocenters. The molecule has 0 saturated heterocycles. The van der Waals surface area contributed by atoms with Gasteiger partial charge in [0.15, 0.2) is 18.1 Å². The van der Waals surface area contributed by atoms with Crippen LogP contribution in [0.4, 0.5) is 0 Å². The Kier molecular flexibility index (Phi) is 6.44. The van der Waals surface area contributed by atoms with Crippen LogP contribution in [0.5, 0.6) is 11.5 Å². The van der Waals surface area contributed by atoms with E-state index in [1.165, 1.54) is 29.5 Å². The Labute approximate surface area is 188 Å². The van der Waals surface area contributed by atoms with E-state index in [2.05, 4.69) is 14.9 Å². The number of hydrogen-bond acceptors (Lipinski definition) is 10. The first-order valence-electron chi connectivity index (χ1n) is 9.78. The van der Waals surface area contributed by atoms with Crippen LogP contribution in [-0.2, 0) is 26.2 Å². The minimum atomic E-state index is -4.03. The lowest BCUT2D eigenvalue weighted by Crippen LogP contribution is -2.45. The van der Waals surface area contributed by atoms with Gasteiger partial charge in [-0.15, -0.1) is 11.3 Å². The van der Waals surface area contributed by atoms with Crippen molar-refractivity contribution in [3.05, 3.63) is 41.5 Å². The third-order valence-electron chi connectivity index (χ3n) is 4.57. The fraction of sp³-hybridized carbons (Fsp3) is 0.350. The Hall–Kier alpha value is -2.96. The van der Waals surface area contributed by atoms with Gasteiger partial charge >= 0.3 is 5.97 Å². The van der Waals surface area contributed by atoms with Gasteiger partial charge < -0.3 is 18.7 Å². The number of nitrogens with one attached hydrogen (secondary N) is 1. The number of rotatable bonds is 8. The second-order valence-electron chi connectivity index (χ2n) is 7.25. The zero-order chi connectivity index (χ0) is 22.7. The van der Waals surface area contributed by atoms with E-state index in [0.717, 1.165) is 4.88 Å². The predicted molar refractivity (Wildman–Crippen MR) is 114 cm³/mol. The van der Waals surface area contributed by atoms with Crippen LogP contribution in [0.3, 0.4) is 0 Å². The van der Waals surface area contributed by atoms with Crippen LogP contribution in [0, 0.1) is 5.92 Å². The summed E-state index contributed by atoms with van der Waals surface area (Å²) in [6, 6.07) is 6.85. The van der Waals surface area contributed by atoms with Gasteiger partial charge in [0.25, 0.3) is 5.89 Å². The van der Waals surface area contributed by atoms with Gasteiger partial charge in [-0.25, -0.2) is 8.42 Å². The monoisotopic (exact) mass is 479 g/mol. The Bertz CT molecular complexity index is 1190. The molecule has 0 saturated carbocycles. The lowest BCUT2D eigenvalue weighted by molar-refractivity contribution is -0.148. The van der Waals surface area contributed by atoms with Gasteiger partial charge in [0.2, 0.25) is 15.8 Å². The van der Waals surface area contributed by atoms with Crippen molar-refractivity contribution in [2.45, 2.75) is 31.4 Å². The van der Waals surface area contributed by atoms with Gasteiger partial charge in [-0.3, -0.25) is 4.79 Å². The summed E-state index contributed by atoms with van der Waals surface area (Å²) < 4.78 is 49.5. The molecule has 2 aromatic heterocycles. The molecule has 4 rings (SSSR count). The van der Waals surface area contributed by atoms with Crippen molar-refractivity contribution >= 4 is 27.3 Å². The number of aromatic nitrogens is 2. The van der Waals surface area contributed by atoms with Crippen molar-refractivity contribution in [3.63, 3.8) is 0 Å². The number of thiophene rings is 1. The van der Waals surface area contributed by atoms with E-state index in [1.54, 1.807) is 13.8 Å². The number of carbonyl (C=O) groups is 1. The van der Waals surface area contributed by atoms with Gasteiger partial charge in [-0.1, -0.05) is 25.1 Å². The second-order valence-corrected chi connectivity index (χ2v) is 9.91. The van der Waals surface area contributed by atoms with Crippen LogP contribution in [-0.4, -0.2) is 43.8 Å². The highest BCUT2D eigenvalue weighted by Gasteiger charge is 2.31. The number of hydrogen-bond donors (Lipinski definition) is 1. The lowest BCUT2D eigenvalue weighted by Gasteiger charge is -2.22. The van der Waals surface area contributed by atoms with Crippen molar-refractivity contribution in [2.24, 2.45) is 5.92 Å². The number of fused-ring (bicyclic) bond motifs is 1. The highest BCUT2D eigenvalue weighted by atomic mass is 32.2. The normalized spacial score (nSPS) is 14.3. The minimum Gasteiger partial charge on any atom is -0.486 e. The van der Waals surface area contributed by atoms with E-state index >= 15 is 0 Å². The predicted octanol–water partition coefficient (Wildman–Crippen LogP) is 2.62. The standard InChI is InChI=1S/C20H21N3O7S2/c1-12(2)18(20(24)29-11-17-21-19(30-22-17)16-4-3-9-31-16)23-32(25,26)13-5-6-14-15(10-13)28-8-7-27-14/h3-6,9-10,12,18,23H,7-8,11H2,1-2H3/t18-/m0/s1. The summed E-state index contributed by atoms with van der Waals surface area (Å²) in [5, 5.41) is 5.67. The number of esters is 1. The molecule has 0 aliphatic carbocycles. The maximum atomic E-state index is 12.9. The highest BCUT2D eigenvalue weighted by molar-refractivity contribution is 7.89. The first-order valence-corrected chi connectivity index (χ1v) is 12.1. The molecule has 1 atom stereocenters. The molecular formula is C20H21N3O7S2. The van der Waals surface area contributed by atoms with Crippen molar-refractivity contribution in [3.8, 4) is 22.3 Å². The minimum absolute atomic E-state index is 0.0426. The fourth-order valence-electron chi connectivity index (χ4n) is 2.92. The van der Waals surface area contributed by atoms with Gasteiger partial charge in [0.05, 0.1) is 9.77 Å². The zero-order valence-corrected chi connectivity index (χ0v) is 18.9. The molecule has 0 spiro atoms. The zero-order valence-electron chi connectivity index (χ0n) is 17.3. The molecule has 0 amide bonds. The number of carbonyl (C=O) groups excluding carboxylic acids is 1. The largest absolute Gasteiger partial charge is 0.486 e. The Morgan fingerprint density at radius 3 is 2.72 bits per heavy atom. The first kappa shape index (κ1) is 22.2. The van der Waals surface area contributed by atoms with E-state index in [1.807, 2.05) is 17.5 Å². The van der Waals surface area contributed by atoms with E-state index < -0.39 is 22.0 Å². The fourth-order valence-corrected chi connectivity index (χ4v) is 4.91. The number of benzene rings is 1. The van der Waals surface area contributed by atoms with E-state index in [9.17, 15) is 13.2 Å². The molecule has 3 aromatic rings. The quantitative estimate of drug-likeness (QED) is 0.485. The third kappa shape index (κ3) is 4.92. The summed E-state index contributed by atoms with van der Waals surface area (Å²) in [7, 11) is -4.03. The summed E-state index contributed by atoms with van der Waals surface area (Å²) in [5.74, 6) is 0.188. The average molecular weight is 480 g/mol. The van der Waals surface area contributed by atoms with Crippen molar-refractivity contribution in [1.29, 1.82) is 0 Å². The lowest BCUT2D eigenvalue weighted by atomic mass is 10.1. The Morgan fingerprint density at radius 2 is 2.00 bits per heavy atom. The van der Waals surface area contributed by atoms with Gasteiger partial charge in [0.1, 0.15) is 19.3 Å². The SMILES string of the molecule is CC(C)[C@H](NS(=O)(=O)c1ccc2c(c1)OCCO2)C(=O)OCc1noc(-c2cccs2)n1. The molecule has 1 aliphatic rings. The molecule has 10 nitrogen and oxygen atoms in total. The molecule has 170 valence electrons. The molecule has 1 N–H and O–H groups in total. The topological polar surface area (TPSA) is 130 Å². The summed E-state index contributed by atoms with van der Waals surface area (Å²) in [5.41, 5.74) is 0. The maximum absolute atomic E-state index is 12.9. The molecule has 3 heterocycles. The smallest absolute Gasteiger partial charge is 0.324 e. The van der Waals surface area contributed by atoms with E-state index in [0.29, 0.717) is 30.6 Å². The van der Waals surface area contributed by atoms with Crippen LogP contribution >= 0.6 is 11.3 Å². The summed E-state index contributed by atoms with van der Waals surface area (Å²) in [4.78, 5) is 17.6. The number of sulfonamides is 1. The molecule has 0 bridgehead atoms. The van der Waals surface area contributed by atoms with E-state index in [4.69, 9.17) is 18.7 Å². The van der Waals surface area contributed by atoms with Crippen LogP contribution in [0.15, 0.2) is 45.1 Å². The highest BCUT2D eigenvalue weighted by Crippen LogP contribution is 2.32. The van der Waals surface area contributed by atoms with Gasteiger partial charge in [0, 0.05) is 6.07 Å². The second kappa shape index (κ2) is 9.27. The van der Waals surface area contributed by atoms with Crippen molar-refractivity contribution < 1.29 is 31.9 Å². The summed E-state index contributed by atoms with van der Waals surface area (Å²) in [6.07, 6.45) is 0. The Morgan fingerprint density at radius 1 is 1.22 bits per heavy atom. The Balaban J connectivity index is 1.43. The molecule has 0 radical (unpaired) electrons.